The fourth-order valence-electron chi connectivity index (χ4n) is 4.02. The van der Waals surface area contributed by atoms with E-state index in [-0.39, 0.29) is 5.97 Å². The Balaban J connectivity index is 1.91. The number of hydrogen-bond acceptors (Lipinski definition) is 4. The SMILES string of the molecule is CCCCCCCCCCCCCCCCNc1ccc(CCC(=O)OCCOCC)cc1. The number of nitrogens with one attached hydrogen (secondary N) is 1. The van der Waals surface area contributed by atoms with Crippen LogP contribution in [0.2, 0.25) is 0 Å². The minimum Gasteiger partial charge on any atom is -0.463 e. The Morgan fingerprint density at radius 1 is 0.727 bits per heavy atom. The summed E-state index contributed by atoms with van der Waals surface area (Å²) in [5.74, 6) is -0.158. The summed E-state index contributed by atoms with van der Waals surface area (Å²) >= 11 is 0. The molecule has 0 atom stereocenters. The van der Waals surface area contributed by atoms with E-state index < -0.39 is 0 Å². The predicted octanol–water partition coefficient (Wildman–Crippen LogP) is 8.09. The highest BCUT2D eigenvalue weighted by Gasteiger charge is 2.04. The van der Waals surface area contributed by atoms with Crippen molar-refractivity contribution in [2.75, 3.05) is 31.7 Å². The summed E-state index contributed by atoms with van der Waals surface area (Å²) < 4.78 is 10.3. The summed E-state index contributed by atoms with van der Waals surface area (Å²) in [4.78, 5) is 11.7. The molecule has 0 unspecified atom stereocenters. The van der Waals surface area contributed by atoms with Crippen LogP contribution in [0.25, 0.3) is 0 Å². The van der Waals surface area contributed by atoms with Gasteiger partial charge in [0.1, 0.15) is 6.61 Å². The molecule has 0 amide bonds. The Labute approximate surface area is 204 Å². The second-order valence-corrected chi connectivity index (χ2v) is 9.14. The van der Waals surface area contributed by atoms with Gasteiger partial charge in [-0.2, -0.15) is 0 Å². The Morgan fingerprint density at radius 2 is 1.27 bits per heavy atom. The normalized spacial score (nSPS) is 11.0. The number of benzene rings is 1. The summed E-state index contributed by atoms with van der Waals surface area (Å²) in [6.45, 7) is 6.71. The van der Waals surface area contributed by atoms with E-state index in [0.29, 0.717) is 32.7 Å². The Hall–Kier alpha value is -1.55. The second kappa shape index (κ2) is 22.3. The van der Waals surface area contributed by atoms with Crippen LogP contribution in [-0.4, -0.2) is 32.3 Å². The largest absolute Gasteiger partial charge is 0.463 e. The summed E-state index contributed by atoms with van der Waals surface area (Å²) in [6.07, 6.45) is 20.6. The van der Waals surface area contributed by atoms with Crippen molar-refractivity contribution in [2.24, 2.45) is 0 Å². The van der Waals surface area contributed by atoms with Crippen LogP contribution in [0.15, 0.2) is 24.3 Å². The lowest BCUT2D eigenvalue weighted by molar-refractivity contribution is -0.145. The first-order valence-electron chi connectivity index (χ1n) is 13.8. The van der Waals surface area contributed by atoms with Gasteiger partial charge in [0.15, 0.2) is 0 Å². The van der Waals surface area contributed by atoms with Crippen molar-refractivity contribution in [2.45, 2.75) is 117 Å². The summed E-state index contributed by atoms with van der Waals surface area (Å²) in [5.41, 5.74) is 2.33. The highest BCUT2D eigenvalue weighted by atomic mass is 16.6. The number of hydrogen-bond donors (Lipinski definition) is 1. The van der Waals surface area contributed by atoms with E-state index in [4.69, 9.17) is 9.47 Å². The van der Waals surface area contributed by atoms with Gasteiger partial charge >= 0.3 is 5.97 Å². The van der Waals surface area contributed by atoms with Gasteiger partial charge in [-0.1, -0.05) is 103 Å². The number of carbonyl (C=O) groups excluding carboxylic acids is 1. The maximum absolute atomic E-state index is 11.7. The van der Waals surface area contributed by atoms with Gasteiger partial charge in [0.2, 0.25) is 0 Å². The van der Waals surface area contributed by atoms with Crippen LogP contribution in [0.3, 0.4) is 0 Å². The van der Waals surface area contributed by atoms with Crippen molar-refractivity contribution >= 4 is 11.7 Å². The van der Waals surface area contributed by atoms with Gasteiger partial charge in [0.25, 0.3) is 0 Å². The van der Waals surface area contributed by atoms with E-state index >= 15 is 0 Å². The van der Waals surface area contributed by atoms with E-state index in [1.54, 1.807) is 0 Å². The van der Waals surface area contributed by atoms with Crippen molar-refractivity contribution in [1.29, 1.82) is 0 Å². The topological polar surface area (TPSA) is 47.6 Å². The molecular weight excluding hydrogens is 410 g/mol. The molecule has 4 nitrogen and oxygen atoms in total. The lowest BCUT2D eigenvalue weighted by Crippen LogP contribution is -2.11. The quantitative estimate of drug-likeness (QED) is 0.132. The van der Waals surface area contributed by atoms with Gasteiger partial charge in [0, 0.05) is 25.3 Å². The Morgan fingerprint density at radius 3 is 1.82 bits per heavy atom. The van der Waals surface area contributed by atoms with Crippen LogP contribution < -0.4 is 5.32 Å². The second-order valence-electron chi connectivity index (χ2n) is 9.14. The Bertz CT molecular complexity index is 558. The maximum atomic E-state index is 11.7. The summed E-state index contributed by atoms with van der Waals surface area (Å²) in [6, 6.07) is 8.42. The monoisotopic (exact) mass is 461 g/mol. The van der Waals surface area contributed by atoms with E-state index in [2.05, 4.69) is 36.5 Å². The number of unbranched alkanes of at least 4 members (excludes halogenated alkanes) is 13. The Kier molecular flexibility index (Phi) is 19.9. The number of esters is 1. The van der Waals surface area contributed by atoms with Crippen molar-refractivity contribution in [3.8, 4) is 0 Å². The van der Waals surface area contributed by atoms with Crippen LogP contribution in [0, 0.1) is 0 Å². The number of anilines is 1. The zero-order chi connectivity index (χ0) is 23.8. The average Bonchev–Trinajstić information content (AvgIpc) is 2.83. The predicted molar refractivity (Wildman–Crippen MR) is 141 cm³/mol. The van der Waals surface area contributed by atoms with Gasteiger partial charge in [-0.15, -0.1) is 0 Å². The first-order valence-corrected chi connectivity index (χ1v) is 13.8. The first-order chi connectivity index (χ1) is 16.3. The molecule has 0 saturated heterocycles. The molecule has 0 aliphatic rings. The van der Waals surface area contributed by atoms with Gasteiger partial charge in [-0.25, -0.2) is 0 Å². The molecule has 0 radical (unpaired) electrons. The van der Waals surface area contributed by atoms with Gasteiger partial charge in [0.05, 0.1) is 6.61 Å². The van der Waals surface area contributed by atoms with E-state index in [9.17, 15) is 4.79 Å². The minimum absolute atomic E-state index is 0.158. The van der Waals surface area contributed by atoms with Crippen LogP contribution in [0.1, 0.15) is 116 Å². The molecular formula is C29H51NO3. The van der Waals surface area contributed by atoms with Crippen molar-refractivity contribution < 1.29 is 14.3 Å². The lowest BCUT2D eigenvalue weighted by atomic mass is 10.0. The molecule has 0 fully saturated rings. The van der Waals surface area contributed by atoms with E-state index in [1.165, 1.54) is 95.5 Å². The molecule has 4 heteroatoms. The van der Waals surface area contributed by atoms with E-state index in [0.717, 1.165) is 12.2 Å². The third-order valence-corrected chi connectivity index (χ3v) is 6.13. The number of carbonyl (C=O) groups is 1. The number of ether oxygens (including phenoxy) is 2. The van der Waals surface area contributed by atoms with Crippen LogP contribution in [0.5, 0.6) is 0 Å². The third kappa shape index (κ3) is 18.6. The third-order valence-electron chi connectivity index (χ3n) is 6.13. The molecule has 190 valence electrons. The van der Waals surface area contributed by atoms with Gasteiger partial charge in [-0.05, 0) is 37.5 Å². The molecule has 0 aliphatic heterocycles. The van der Waals surface area contributed by atoms with Crippen molar-refractivity contribution in [3.05, 3.63) is 29.8 Å². The molecule has 0 spiro atoms. The molecule has 1 aromatic carbocycles. The van der Waals surface area contributed by atoms with Gasteiger partial charge in [-0.3, -0.25) is 4.79 Å². The summed E-state index contributed by atoms with van der Waals surface area (Å²) in [7, 11) is 0. The first kappa shape index (κ1) is 29.5. The van der Waals surface area contributed by atoms with Gasteiger partial charge < -0.3 is 14.8 Å². The number of rotatable bonds is 23. The van der Waals surface area contributed by atoms with Crippen molar-refractivity contribution in [3.63, 3.8) is 0 Å². The van der Waals surface area contributed by atoms with Crippen molar-refractivity contribution in [1.82, 2.24) is 0 Å². The maximum Gasteiger partial charge on any atom is 0.306 e. The molecule has 0 aliphatic carbocycles. The highest BCUT2D eigenvalue weighted by Crippen LogP contribution is 2.14. The molecule has 1 aromatic rings. The van der Waals surface area contributed by atoms with Crippen LogP contribution in [-0.2, 0) is 20.7 Å². The smallest absolute Gasteiger partial charge is 0.306 e. The molecule has 1 rings (SSSR count). The molecule has 33 heavy (non-hydrogen) atoms. The van der Waals surface area contributed by atoms with E-state index in [1.807, 2.05) is 6.92 Å². The zero-order valence-corrected chi connectivity index (χ0v) is 21.7. The average molecular weight is 462 g/mol. The lowest BCUT2D eigenvalue weighted by Gasteiger charge is -2.08. The fraction of sp³-hybridized carbons (Fsp3) is 0.759. The molecule has 1 N–H and O–H groups in total. The minimum atomic E-state index is -0.158. The summed E-state index contributed by atoms with van der Waals surface area (Å²) in [5, 5.41) is 3.51. The highest BCUT2D eigenvalue weighted by molar-refractivity contribution is 5.69. The molecule has 0 heterocycles. The van der Waals surface area contributed by atoms with Crippen LogP contribution >= 0.6 is 0 Å². The molecule has 0 saturated carbocycles. The fourth-order valence-corrected chi connectivity index (χ4v) is 4.02. The molecule has 0 aromatic heterocycles. The zero-order valence-electron chi connectivity index (χ0n) is 21.7. The van der Waals surface area contributed by atoms with Crippen LogP contribution in [0.4, 0.5) is 5.69 Å². The molecule has 0 bridgehead atoms. The number of aryl methyl sites for hydroxylation is 1. The standard InChI is InChI=1S/C29H51NO3/c1-3-5-6-7-8-9-10-11-12-13-14-15-16-17-24-30-28-21-18-27(19-22-28)20-23-29(31)33-26-25-32-4-2/h18-19,21-22,30H,3-17,20,23-26H2,1-2H3.